The minimum Gasteiger partial charge on any atom is -0.508 e. The second-order valence-electron chi connectivity index (χ2n) is 4.39. The Kier molecular flexibility index (Phi) is 1.12. The van der Waals surface area contributed by atoms with Gasteiger partial charge in [-0.15, -0.1) is 0 Å². The van der Waals surface area contributed by atoms with E-state index in [-0.39, 0.29) is 0 Å². The first kappa shape index (κ1) is 7.25. The molecular weight excluding hydrogens is 164 g/mol. The fourth-order valence-electron chi connectivity index (χ4n) is 2.27. The average molecular weight is 176 g/mol. The summed E-state index contributed by atoms with van der Waals surface area (Å²) in [6, 6.07) is 5.51. The monoisotopic (exact) mass is 176 g/mol. The lowest BCUT2D eigenvalue weighted by Gasteiger charge is -2.22. The highest BCUT2D eigenvalue weighted by atomic mass is 16.5. The molecule has 3 rings (SSSR count). The van der Waals surface area contributed by atoms with Crippen LogP contribution >= 0.6 is 0 Å². The highest BCUT2D eigenvalue weighted by molar-refractivity contribution is 5.51. The first-order valence-corrected chi connectivity index (χ1v) is 4.65. The number of aromatic hydroxyl groups is 1. The largest absolute Gasteiger partial charge is 0.508 e. The molecule has 2 unspecified atom stereocenters. The maximum absolute atomic E-state index is 9.69. The van der Waals surface area contributed by atoms with E-state index >= 15 is 0 Å². The van der Waals surface area contributed by atoms with Crippen molar-refractivity contribution < 1.29 is 9.84 Å². The topological polar surface area (TPSA) is 29.5 Å². The zero-order chi connectivity index (χ0) is 9.05. The summed E-state index contributed by atoms with van der Waals surface area (Å²) in [6.07, 6.45) is 1.15. The Morgan fingerprint density at radius 2 is 2.38 bits per heavy atom. The summed E-state index contributed by atoms with van der Waals surface area (Å²) in [5.74, 6) is 1.79. The van der Waals surface area contributed by atoms with E-state index in [0.717, 1.165) is 24.3 Å². The van der Waals surface area contributed by atoms with Crippen LogP contribution in [0, 0.1) is 5.41 Å². The van der Waals surface area contributed by atoms with Crippen molar-refractivity contribution in [2.24, 2.45) is 5.41 Å². The van der Waals surface area contributed by atoms with Crippen LogP contribution in [0.2, 0.25) is 0 Å². The van der Waals surface area contributed by atoms with Crippen molar-refractivity contribution in [1.82, 2.24) is 0 Å². The van der Waals surface area contributed by atoms with Gasteiger partial charge in [-0.05, 0) is 18.6 Å². The molecule has 1 heterocycles. The Labute approximate surface area is 77.2 Å². The molecule has 2 heteroatoms. The minimum absolute atomic E-state index is 0.297. The third-order valence-electron chi connectivity index (χ3n) is 3.30. The first-order valence-electron chi connectivity index (χ1n) is 4.65. The van der Waals surface area contributed by atoms with Gasteiger partial charge in [-0.25, -0.2) is 0 Å². The van der Waals surface area contributed by atoms with E-state index in [2.05, 4.69) is 6.92 Å². The molecule has 1 saturated carbocycles. The smallest absolute Gasteiger partial charge is 0.126 e. The van der Waals surface area contributed by atoms with Crippen molar-refractivity contribution >= 4 is 0 Å². The zero-order valence-electron chi connectivity index (χ0n) is 7.58. The maximum Gasteiger partial charge on any atom is 0.126 e. The van der Waals surface area contributed by atoms with Gasteiger partial charge in [0, 0.05) is 16.9 Å². The molecule has 1 N–H and O–H groups in total. The first-order chi connectivity index (χ1) is 6.21. The Morgan fingerprint density at radius 3 is 3.23 bits per heavy atom. The van der Waals surface area contributed by atoms with Crippen LogP contribution in [-0.2, 0) is 0 Å². The number of hydrogen-bond donors (Lipinski definition) is 1. The molecule has 1 aliphatic carbocycles. The molecule has 0 saturated heterocycles. The molecular formula is C11H12O2. The van der Waals surface area contributed by atoms with Gasteiger partial charge in [0.1, 0.15) is 11.5 Å². The Balaban J connectivity index is 2.17. The predicted molar refractivity (Wildman–Crippen MR) is 49.1 cm³/mol. The lowest BCUT2D eigenvalue weighted by Crippen LogP contribution is -2.16. The van der Waals surface area contributed by atoms with E-state index in [9.17, 15) is 5.11 Å². The van der Waals surface area contributed by atoms with Crippen molar-refractivity contribution in [2.75, 3.05) is 6.61 Å². The zero-order valence-corrected chi connectivity index (χ0v) is 7.58. The molecule has 1 aliphatic heterocycles. The van der Waals surface area contributed by atoms with Crippen molar-refractivity contribution in [3.05, 3.63) is 23.8 Å². The Bertz CT molecular complexity index is 372. The van der Waals surface area contributed by atoms with E-state index in [1.807, 2.05) is 12.1 Å². The number of rotatable bonds is 0. The fraction of sp³-hybridized carbons (Fsp3) is 0.455. The predicted octanol–water partition coefficient (Wildman–Crippen LogP) is 2.28. The lowest BCUT2D eigenvalue weighted by atomic mass is 9.98. The SMILES string of the molecule is CC12COc3cccc(O)c3C1C2. The number of hydrogen-bond acceptors (Lipinski definition) is 2. The van der Waals surface area contributed by atoms with Gasteiger partial charge in [0.2, 0.25) is 0 Å². The van der Waals surface area contributed by atoms with Gasteiger partial charge < -0.3 is 9.84 Å². The molecule has 0 radical (unpaired) electrons. The Hall–Kier alpha value is -1.18. The molecule has 0 aromatic heterocycles. The van der Waals surface area contributed by atoms with E-state index in [1.165, 1.54) is 0 Å². The highest BCUT2D eigenvalue weighted by Gasteiger charge is 2.55. The third-order valence-corrected chi connectivity index (χ3v) is 3.30. The van der Waals surface area contributed by atoms with Crippen LogP contribution in [-0.4, -0.2) is 11.7 Å². The number of phenolic OH excluding ortho intramolecular Hbond substituents is 1. The fourth-order valence-corrected chi connectivity index (χ4v) is 2.27. The van der Waals surface area contributed by atoms with Gasteiger partial charge in [-0.3, -0.25) is 0 Å². The van der Waals surface area contributed by atoms with Crippen molar-refractivity contribution in [3.63, 3.8) is 0 Å². The number of phenols is 1. The van der Waals surface area contributed by atoms with Crippen molar-refractivity contribution in [1.29, 1.82) is 0 Å². The molecule has 1 aromatic rings. The quantitative estimate of drug-likeness (QED) is 0.657. The standard InChI is InChI=1S/C11H12O2/c1-11-5-7(11)10-8(12)3-2-4-9(10)13-6-11/h2-4,7,12H,5-6H2,1H3. The molecule has 2 atom stereocenters. The van der Waals surface area contributed by atoms with Gasteiger partial charge in [-0.1, -0.05) is 13.0 Å². The summed E-state index contributed by atoms with van der Waals surface area (Å²) in [5.41, 5.74) is 1.32. The van der Waals surface area contributed by atoms with Crippen LogP contribution in [0.4, 0.5) is 0 Å². The van der Waals surface area contributed by atoms with Gasteiger partial charge >= 0.3 is 0 Å². The molecule has 2 nitrogen and oxygen atoms in total. The summed E-state index contributed by atoms with van der Waals surface area (Å²) >= 11 is 0. The van der Waals surface area contributed by atoms with Crippen molar-refractivity contribution in [2.45, 2.75) is 19.3 Å². The number of benzene rings is 1. The number of fused-ring (bicyclic) bond motifs is 3. The third kappa shape index (κ3) is 0.831. The van der Waals surface area contributed by atoms with Crippen LogP contribution in [0.25, 0.3) is 0 Å². The van der Waals surface area contributed by atoms with Gasteiger partial charge in [0.15, 0.2) is 0 Å². The van der Waals surface area contributed by atoms with Crippen LogP contribution in [0.3, 0.4) is 0 Å². The normalized spacial score (nSPS) is 34.4. The van der Waals surface area contributed by atoms with Gasteiger partial charge in [0.05, 0.1) is 6.61 Å². The summed E-state index contributed by atoms with van der Waals surface area (Å²) in [6.45, 7) is 3.02. The van der Waals surface area contributed by atoms with Gasteiger partial charge in [0.25, 0.3) is 0 Å². The van der Waals surface area contributed by atoms with Gasteiger partial charge in [-0.2, -0.15) is 0 Å². The molecule has 1 fully saturated rings. The Morgan fingerprint density at radius 1 is 1.54 bits per heavy atom. The average Bonchev–Trinajstić information content (AvgIpc) is 2.77. The lowest BCUT2D eigenvalue weighted by molar-refractivity contribution is 0.221. The van der Waals surface area contributed by atoms with E-state index < -0.39 is 0 Å². The number of ether oxygens (including phenoxy) is 1. The molecule has 0 amide bonds. The van der Waals surface area contributed by atoms with E-state index in [1.54, 1.807) is 6.07 Å². The van der Waals surface area contributed by atoms with Crippen LogP contribution in [0.15, 0.2) is 18.2 Å². The van der Waals surface area contributed by atoms with Crippen LogP contribution in [0.5, 0.6) is 11.5 Å². The molecule has 0 spiro atoms. The summed E-state index contributed by atoms with van der Waals surface area (Å²) in [5, 5.41) is 9.69. The summed E-state index contributed by atoms with van der Waals surface area (Å²) < 4.78 is 5.60. The summed E-state index contributed by atoms with van der Waals surface area (Å²) in [7, 11) is 0. The van der Waals surface area contributed by atoms with Crippen molar-refractivity contribution in [3.8, 4) is 11.5 Å². The maximum atomic E-state index is 9.69. The molecule has 0 bridgehead atoms. The van der Waals surface area contributed by atoms with E-state index in [4.69, 9.17) is 4.74 Å². The minimum atomic E-state index is 0.297. The van der Waals surface area contributed by atoms with E-state index in [0.29, 0.717) is 17.1 Å². The molecule has 13 heavy (non-hydrogen) atoms. The molecule has 68 valence electrons. The second-order valence-corrected chi connectivity index (χ2v) is 4.39. The van der Waals surface area contributed by atoms with Crippen LogP contribution < -0.4 is 4.74 Å². The molecule has 1 aromatic carbocycles. The summed E-state index contributed by atoms with van der Waals surface area (Å²) in [4.78, 5) is 0. The highest BCUT2D eigenvalue weighted by Crippen LogP contribution is 2.65. The molecule has 2 aliphatic rings. The van der Waals surface area contributed by atoms with Crippen LogP contribution in [0.1, 0.15) is 24.8 Å². The second kappa shape index (κ2) is 2.00.